The lowest BCUT2D eigenvalue weighted by Crippen LogP contribution is -2.26. The number of hydrogen-bond acceptors (Lipinski definition) is 1. The molecule has 0 aromatic heterocycles. The lowest BCUT2D eigenvalue weighted by Gasteiger charge is -2.28. The van der Waals surface area contributed by atoms with E-state index in [9.17, 15) is 0 Å². The highest BCUT2D eigenvalue weighted by molar-refractivity contribution is 5.71. The average molecular weight is 356 g/mol. The van der Waals surface area contributed by atoms with Crippen molar-refractivity contribution in [3.8, 4) is 0 Å². The molecule has 26 heavy (non-hydrogen) atoms. The fraction of sp³-hybridized carbons (Fsp3) is 0.680. The van der Waals surface area contributed by atoms with Gasteiger partial charge in [-0.2, -0.15) is 0 Å². The third kappa shape index (κ3) is 8.43. The molecule has 1 heteroatoms. The van der Waals surface area contributed by atoms with Gasteiger partial charge in [0.1, 0.15) is 0 Å². The van der Waals surface area contributed by atoms with Crippen LogP contribution in [0.25, 0.3) is 6.08 Å². The van der Waals surface area contributed by atoms with Crippen molar-refractivity contribution in [3.05, 3.63) is 35.9 Å². The zero-order chi connectivity index (χ0) is 18.3. The summed E-state index contributed by atoms with van der Waals surface area (Å²) in [6, 6.07) is 8.79. The van der Waals surface area contributed by atoms with Gasteiger partial charge in [0.15, 0.2) is 0 Å². The Labute approximate surface area is 162 Å². The molecule has 1 aliphatic heterocycles. The van der Waals surface area contributed by atoms with Gasteiger partial charge in [-0.15, -0.1) is 0 Å². The van der Waals surface area contributed by atoms with Crippen LogP contribution in [0.15, 0.2) is 30.3 Å². The Hall–Kier alpha value is -1.24. The van der Waals surface area contributed by atoms with Crippen molar-refractivity contribution >= 4 is 11.8 Å². The summed E-state index contributed by atoms with van der Waals surface area (Å²) in [5, 5.41) is 0. The number of para-hydroxylation sites is 1. The van der Waals surface area contributed by atoms with Crippen LogP contribution in [0, 0.1) is 0 Å². The molecule has 0 radical (unpaired) electrons. The maximum absolute atomic E-state index is 2.54. The van der Waals surface area contributed by atoms with Crippen molar-refractivity contribution in [1.29, 1.82) is 0 Å². The first-order chi connectivity index (χ1) is 12.9. The molecule has 1 heterocycles. The van der Waals surface area contributed by atoms with Crippen LogP contribution >= 0.6 is 0 Å². The molecule has 0 amide bonds. The first-order valence-electron chi connectivity index (χ1n) is 11.4. The molecular weight excluding hydrogens is 314 g/mol. The second-order valence-electron chi connectivity index (χ2n) is 8.00. The average Bonchev–Trinajstić information content (AvgIpc) is 2.68. The van der Waals surface area contributed by atoms with Gasteiger partial charge in [0.2, 0.25) is 0 Å². The van der Waals surface area contributed by atoms with E-state index >= 15 is 0 Å². The van der Waals surface area contributed by atoms with Crippen LogP contribution in [0.1, 0.15) is 102 Å². The van der Waals surface area contributed by atoms with Gasteiger partial charge in [-0.3, -0.25) is 0 Å². The summed E-state index contributed by atoms with van der Waals surface area (Å²) in [5.41, 5.74) is 2.80. The monoisotopic (exact) mass is 355 g/mol. The number of anilines is 1. The lowest BCUT2D eigenvalue weighted by molar-refractivity contribution is 0.535. The molecule has 1 nitrogen and oxygen atoms in total. The first kappa shape index (κ1) is 21.1. The van der Waals surface area contributed by atoms with Crippen LogP contribution in [0.5, 0.6) is 0 Å². The molecule has 1 aliphatic rings. The number of rotatable bonds is 15. The van der Waals surface area contributed by atoms with Gasteiger partial charge in [-0.1, -0.05) is 121 Å². The van der Waals surface area contributed by atoms with E-state index in [1.54, 1.807) is 0 Å². The third-order valence-corrected chi connectivity index (χ3v) is 5.68. The highest BCUT2D eigenvalue weighted by atomic mass is 15.1. The molecule has 0 fully saturated rings. The van der Waals surface area contributed by atoms with Gasteiger partial charge in [0.25, 0.3) is 0 Å². The summed E-state index contributed by atoms with van der Waals surface area (Å²) in [6.07, 6.45) is 24.6. The predicted molar refractivity (Wildman–Crippen MR) is 118 cm³/mol. The molecule has 1 aromatic rings. The van der Waals surface area contributed by atoms with Gasteiger partial charge in [-0.05, 0) is 18.1 Å². The first-order valence-corrected chi connectivity index (χ1v) is 11.4. The van der Waals surface area contributed by atoms with Gasteiger partial charge in [0, 0.05) is 18.8 Å². The second kappa shape index (κ2) is 13.9. The zero-order valence-corrected chi connectivity index (χ0v) is 17.2. The van der Waals surface area contributed by atoms with E-state index in [4.69, 9.17) is 0 Å². The summed E-state index contributed by atoms with van der Waals surface area (Å²) in [7, 11) is 0. The van der Waals surface area contributed by atoms with Gasteiger partial charge < -0.3 is 4.90 Å². The molecule has 0 atom stereocenters. The molecule has 0 unspecified atom stereocenters. The molecule has 0 spiro atoms. The topological polar surface area (TPSA) is 3.24 Å². The molecule has 1 aromatic carbocycles. The quantitative estimate of drug-likeness (QED) is 0.288. The summed E-state index contributed by atoms with van der Waals surface area (Å²) in [4.78, 5) is 2.54. The SMILES string of the molecule is CCCCCCCCCCCCCCCCN1CC=Cc2ccccc21. The van der Waals surface area contributed by atoms with Crippen molar-refractivity contribution in [2.45, 2.75) is 96.8 Å². The summed E-state index contributed by atoms with van der Waals surface area (Å²) in [5.74, 6) is 0. The minimum Gasteiger partial charge on any atom is -0.367 e. The molecular formula is C25H41N. The Morgan fingerprint density at radius 3 is 1.85 bits per heavy atom. The number of benzene rings is 1. The number of fused-ring (bicyclic) bond motifs is 1. The smallest absolute Gasteiger partial charge is 0.0442 e. The molecule has 0 bridgehead atoms. The predicted octanol–water partition coefficient (Wildman–Crippen LogP) is 8.00. The van der Waals surface area contributed by atoms with Crippen molar-refractivity contribution in [1.82, 2.24) is 0 Å². The van der Waals surface area contributed by atoms with Crippen LogP contribution in [-0.4, -0.2) is 13.1 Å². The molecule has 146 valence electrons. The largest absolute Gasteiger partial charge is 0.367 e. The van der Waals surface area contributed by atoms with Crippen LogP contribution < -0.4 is 4.90 Å². The fourth-order valence-electron chi connectivity index (χ4n) is 4.03. The Balaban J connectivity index is 1.38. The minimum absolute atomic E-state index is 1.08. The van der Waals surface area contributed by atoms with Gasteiger partial charge in [-0.25, -0.2) is 0 Å². The van der Waals surface area contributed by atoms with Gasteiger partial charge in [0.05, 0.1) is 0 Å². The Bertz CT molecular complexity index is 491. The van der Waals surface area contributed by atoms with E-state index < -0.39 is 0 Å². The molecule has 2 rings (SSSR count). The summed E-state index contributed by atoms with van der Waals surface area (Å²) in [6.45, 7) is 4.58. The maximum atomic E-state index is 2.54. The molecule has 0 N–H and O–H groups in total. The van der Waals surface area contributed by atoms with Crippen LogP contribution in [0.4, 0.5) is 5.69 Å². The normalized spacial score (nSPS) is 13.2. The van der Waals surface area contributed by atoms with E-state index in [2.05, 4.69) is 48.2 Å². The maximum Gasteiger partial charge on any atom is 0.0442 e. The van der Waals surface area contributed by atoms with Crippen LogP contribution in [0.3, 0.4) is 0 Å². The molecule has 0 saturated carbocycles. The van der Waals surface area contributed by atoms with E-state index in [0.29, 0.717) is 0 Å². The molecule has 0 saturated heterocycles. The number of nitrogens with zero attached hydrogens (tertiary/aromatic N) is 1. The van der Waals surface area contributed by atoms with Crippen LogP contribution in [0.2, 0.25) is 0 Å². The zero-order valence-electron chi connectivity index (χ0n) is 17.2. The second-order valence-corrected chi connectivity index (χ2v) is 8.00. The van der Waals surface area contributed by atoms with E-state index in [0.717, 1.165) is 6.54 Å². The highest BCUT2D eigenvalue weighted by Crippen LogP contribution is 2.25. The Morgan fingerprint density at radius 2 is 1.23 bits per heavy atom. The number of hydrogen-bond donors (Lipinski definition) is 0. The van der Waals surface area contributed by atoms with E-state index in [-0.39, 0.29) is 0 Å². The van der Waals surface area contributed by atoms with Gasteiger partial charge >= 0.3 is 0 Å². The lowest BCUT2D eigenvalue weighted by atomic mass is 10.0. The summed E-state index contributed by atoms with van der Waals surface area (Å²) >= 11 is 0. The van der Waals surface area contributed by atoms with Crippen molar-refractivity contribution in [2.75, 3.05) is 18.0 Å². The number of unbranched alkanes of at least 4 members (excludes halogenated alkanes) is 13. The fourth-order valence-corrected chi connectivity index (χ4v) is 4.03. The van der Waals surface area contributed by atoms with E-state index in [1.165, 1.54) is 108 Å². The Morgan fingerprint density at radius 1 is 0.692 bits per heavy atom. The Kier molecular flexibility index (Phi) is 11.3. The standard InChI is InChI=1S/C25H41N/c1-2-3-4-5-6-7-8-9-10-11-12-13-14-17-22-26-23-18-20-24-19-15-16-21-25(24)26/h15-16,18-21H,2-14,17,22-23H2,1H3. The van der Waals surface area contributed by atoms with Crippen molar-refractivity contribution in [2.24, 2.45) is 0 Å². The minimum atomic E-state index is 1.08. The van der Waals surface area contributed by atoms with Crippen molar-refractivity contribution in [3.63, 3.8) is 0 Å². The molecule has 0 aliphatic carbocycles. The van der Waals surface area contributed by atoms with Crippen molar-refractivity contribution < 1.29 is 0 Å². The summed E-state index contributed by atoms with van der Waals surface area (Å²) < 4.78 is 0. The highest BCUT2D eigenvalue weighted by Gasteiger charge is 2.11. The third-order valence-electron chi connectivity index (χ3n) is 5.68. The van der Waals surface area contributed by atoms with Crippen LogP contribution in [-0.2, 0) is 0 Å². The van der Waals surface area contributed by atoms with E-state index in [1.807, 2.05) is 0 Å².